The molecule has 0 spiro atoms. The van der Waals surface area contributed by atoms with Gasteiger partial charge in [0, 0.05) is 0 Å². The zero-order valence-electron chi connectivity index (χ0n) is 11.0. The van der Waals surface area contributed by atoms with Gasteiger partial charge in [-0.25, -0.2) is 0 Å². The Morgan fingerprint density at radius 1 is 1.35 bits per heavy atom. The van der Waals surface area contributed by atoms with E-state index >= 15 is 0 Å². The summed E-state index contributed by atoms with van der Waals surface area (Å²) in [4.78, 5) is 0. The predicted octanol–water partition coefficient (Wildman–Crippen LogP) is 3.64. The molecule has 1 aliphatic rings. The van der Waals surface area contributed by atoms with Crippen molar-refractivity contribution in [2.24, 2.45) is 5.41 Å². The van der Waals surface area contributed by atoms with Crippen LogP contribution in [0.25, 0.3) is 0 Å². The third-order valence-corrected chi connectivity index (χ3v) is 3.41. The normalized spacial score (nSPS) is 23.3. The highest BCUT2D eigenvalue weighted by Crippen LogP contribution is 2.36. The summed E-state index contributed by atoms with van der Waals surface area (Å²) in [5.74, 6) is 0. The molecule has 1 N–H and O–H groups in total. The van der Waals surface area contributed by atoms with E-state index in [4.69, 9.17) is 0 Å². The lowest BCUT2D eigenvalue weighted by Crippen LogP contribution is -2.25. The Labute approximate surface area is 104 Å². The molecule has 1 aromatic carbocycles. The fourth-order valence-corrected chi connectivity index (χ4v) is 2.85. The molecule has 1 aromatic rings. The summed E-state index contributed by atoms with van der Waals surface area (Å²) >= 11 is 0. The van der Waals surface area contributed by atoms with Gasteiger partial charge in [0.1, 0.15) is 0 Å². The van der Waals surface area contributed by atoms with Crippen molar-refractivity contribution in [2.75, 3.05) is 0 Å². The van der Waals surface area contributed by atoms with Gasteiger partial charge < -0.3 is 5.11 Å². The maximum absolute atomic E-state index is 9.87. The van der Waals surface area contributed by atoms with Crippen molar-refractivity contribution in [1.82, 2.24) is 0 Å². The van der Waals surface area contributed by atoms with Crippen LogP contribution < -0.4 is 0 Å². The Kier molecular flexibility index (Phi) is 3.39. The van der Waals surface area contributed by atoms with Crippen LogP contribution in [-0.4, -0.2) is 11.2 Å². The van der Waals surface area contributed by atoms with E-state index in [9.17, 15) is 5.11 Å². The minimum absolute atomic E-state index is 0.229. The average molecular weight is 230 g/mol. The molecule has 1 unspecified atom stereocenters. The molecular formula is C16H22O. The number of aliphatic hydroxyl groups excluding tert-OH is 1. The molecule has 92 valence electrons. The molecule has 0 aliphatic heterocycles. The van der Waals surface area contributed by atoms with E-state index < -0.39 is 0 Å². The van der Waals surface area contributed by atoms with Crippen LogP contribution in [-0.2, 0) is 6.42 Å². The number of benzene rings is 1. The number of aliphatic hydroxyl groups is 1. The van der Waals surface area contributed by atoms with Crippen LogP contribution in [0, 0.1) is 12.3 Å². The first kappa shape index (κ1) is 12.4. The summed E-state index contributed by atoms with van der Waals surface area (Å²) in [5.41, 5.74) is 4.26. The Morgan fingerprint density at radius 3 is 2.76 bits per heavy atom. The van der Waals surface area contributed by atoms with E-state index in [1.165, 1.54) is 16.7 Å². The predicted molar refractivity (Wildman–Crippen MR) is 72.0 cm³/mol. The molecule has 1 nitrogen and oxygen atoms in total. The van der Waals surface area contributed by atoms with Gasteiger partial charge >= 0.3 is 0 Å². The molecule has 0 aromatic heterocycles. The molecule has 0 radical (unpaired) electrons. The summed E-state index contributed by atoms with van der Waals surface area (Å²) in [5, 5.41) is 9.87. The van der Waals surface area contributed by atoms with Crippen molar-refractivity contribution in [1.29, 1.82) is 0 Å². The number of aryl methyl sites for hydroxylation is 1. The number of hydrogen-bond donors (Lipinski definition) is 1. The summed E-state index contributed by atoms with van der Waals surface area (Å²) < 4.78 is 0. The van der Waals surface area contributed by atoms with Gasteiger partial charge in [-0.15, -0.1) is 0 Å². The zero-order valence-corrected chi connectivity index (χ0v) is 11.0. The highest BCUT2D eigenvalue weighted by Gasteiger charge is 2.27. The molecule has 0 bridgehead atoms. The molecule has 0 fully saturated rings. The van der Waals surface area contributed by atoms with Crippen LogP contribution in [0.4, 0.5) is 0 Å². The quantitative estimate of drug-likeness (QED) is 0.769. The molecule has 1 heteroatoms. The van der Waals surface area contributed by atoms with E-state index in [0.29, 0.717) is 0 Å². The summed E-state index contributed by atoms with van der Waals surface area (Å²) in [7, 11) is 0. The molecule has 17 heavy (non-hydrogen) atoms. The van der Waals surface area contributed by atoms with Crippen molar-refractivity contribution in [3.8, 4) is 0 Å². The van der Waals surface area contributed by atoms with E-state index in [0.717, 1.165) is 19.3 Å². The second-order valence-electron chi connectivity index (χ2n) is 6.10. The van der Waals surface area contributed by atoms with Crippen LogP contribution in [0.5, 0.6) is 0 Å². The van der Waals surface area contributed by atoms with Crippen molar-refractivity contribution >= 4 is 0 Å². The first-order valence-electron chi connectivity index (χ1n) is 6.38. The minimum atomic E-state index is -0.265. The zero-order chi connectivity index (χ0) is 12.5. The SMILES string of the molecule is Cc1cccc(CC2=CC(O)CC(C)(C)C2)c1. The van der Waals surface area contributed by atoms with E-state index in [2.05, 4.69) is 45.0 Å². The Morgan fingerprint density at radius 2 is 2.12 bits per heavy atom. The van der Waals surface area contributed by atoms with Gasteiger partial charge in [-0.05, 0) is 37.2 Å². The minimum Gasteiger partial charge on any atom is -0.389 e. The maximum Gasteiger partial charge on any atom is 0.0728 e. The topological polar surface area (TPSA) is 20.2 Å². The summed E-state index contributed by atoms with van der Waals surface area (Å²) in [6, 6.07) is 8.63. The van der Waals surface area contributed by atoms with Gasteiger partial charge in [0.25, 0.3) is 0 Å². The fourth-order valence-electron chi connectivity index (χ4n) is 2.85. The van der Waals surface area contributed by atoms with Crippen LogP contribution >= 0.6 is 0 Å². The second-order valence-corrected chi connectivity index (χ2v) is 6.10. The first-order valence-corrected chi connectivity index (χ1v) is 6.38. The van der Waals surface area contributed by atoms with Gasteiger partial charge in [0.15, 0.2) is 0 Å². The molecule has 1 atom stereocenters. The van der Waals surface area contributed by atoms with Crippen molar-refractivity contribution in [3.63, 3.8) is 0 Å². The number of allylic oxidation sites excluding steroid dienone is 1. The largest absolute Gasteiger partial charge is 0.389 e. The fraction of sp³-hybridized carbons (Fsp3) is 0.500. The maximum atomic E-state index is 9.87. The Hall–Kier alpha value is -1.08. The highest BCUT2D eigenvalue weighted by molar-refractivity contribution is 5.28. The average Bonchev–Trinajstić information content (AvgIpc) is 2.13. The third kappa shape index (κ3) is 3.44. The lowest BCUT2D eigenvalue weighted by molar-refractivity contribution is 0.138. The Balaban J connectivity index is 2.14. The first-order chi connectivity index (χ1) is 7.94. The molecule has 2 rings (SSSR count). The van der Waals surface area contributed by atoms with Gasteiger partial charge in [-0.2, -0.15) is 0 Å². The van der Waals surface area contributed by atoms with Gasteiger partial charge in [0.2, 0.25) is 0 Å². The van der Waals surface area contributed by atoms with E-state index in [-0.39, 0.29) is 11.5 Å². The molecule has 0 amide bonds. The summed E-state index contributed by atoms with van der Waals surface area (Å²) in [6.07, 6.45) is 4.73. The molecule has 0 heterocycles. The van der Waals surface area contributed by atoms with Gasteiger partial charge in [-0.3, -0.25) is 0 Å². The van der Waals surface area contributed by atoms with Crippen LogP contribution in [0.3, 0.4) is 0 Å². The molecular weight excluding hydrogens is 208 g/mol. The molecule has 1 aliphatic carbocycles. The van der Waals surface area contributed by atoms with E-state index in [1.54, 1.807) is 0 Å². The van der Waals surface area contributed by atoms with Gasteiger partial charge in [0.05, 0.1) is 6.10 Å². The third-order valence-electron chi connectivity index (χ3n) is 3.41. The second kappa shape index (κ2) is 4.66. The smallest absolute Gasteiger partial charge is 0.0728 e. The lowest BCUT2D eigenvalue weighted by Gasteiger charge is -2.32. The number of hydrogen-bond acceptors (Lipinski definition) is 1. The highest BCUT2D eigenvalue weighted by atomic mass is 16.3. The van der Waals surface area contributed by atoms with Crippen LogP contribution in [0.1, 0.15) is 37.8 Å². The lowest BCUT2D eigenvalue weighted by atomic mass is 9.75. The molecule has 0 saturated carbocycles. The van der Waals surface area contributed by atoms with Gasteiger partial charge in [-0.1, -0.05) is 55.3 Å². The number of rotatable bonds is 2. The molecule has 0 saturated heterocycles. The Bertz CT molecular complexity index is 429. The standard InChI is InChI=1S/C16H22O/c1-12-5-4-6-13(7-12)8-14-9-15(17)11-16(2,3)10-14/h4-7,9,15,17H,8,10-11H2,1-3H3. The van der Waals surface area contributed by atoms with Crippen molar-refractivity contribution in [3.05, 3.63) is 47.0 Å². The van der Waals surface area contributed by atoms with Crippen molar-refractivity contribution in [2.45, 2.75) is 46.1 Å². The summed E-state index contributed by atoms with van der Waals surface area (Å²) in [6.45, 7) is 6.59. The van der Waals surface area contributed by atoms with Crippen LogP contribution in [0.15, 0.2) is 35.9 Å². The van der Waals surface area contributed by atoms with E-state index in [1.807, 2.05) is 6.08 Å². The van der Waals surface area contributed by atoms with Crippen LogP contribution in [0.2, 0.25) is 0 Å². The monoisotopic (exact) mass is 230 g/mol. The van der Waals surface area contributed by atoms with Crippen molar-refractivity contribution < 1.29 is 5.11 Å².